The molecule has 0 N–H and O–H groups in total. The van der Waals surface area contributed by atoms with Crippen LogP contribution in [0.3, 0.4) is 0 Å². The van der Waals surface area contributed by atoms with Gasteiger partial charge in [0, 0.05) is 6.08 Å². The van der Waals surface area contributed by atoms with Gasteiger partial charge >= 0.3 is 11.9 Å². The molecule has 0 unspecified atom stereocenters. The number of hydrogen-bond donors (Lipinski definition) is 0. The van der Waals surface area contributed by atoms with Crippen LogP contribution in [0.4, 0.5) is 0 Å². The first-order chi connectivity index (χ1) is 14.4. The summed E-state index contributed by atoms with van der Waals surface area (Å²) in [5.41, 5.74) is 2.47. The number of methoxy groups -OCH3 is 2. The predicted octanol–water partition coefficient (Wildman–Crippen LogP) is 4.52. The molecular formula is C24H23NO5. The zero-order valence-corrected chi connectivity index (χ0v) is 17.3. The average Bonchev–Trinajstić information content (AvgIpc) is 2.76. The van der Waals surface area contributed by atoms with Crippen molar-refractivity contribution in [2.75, 3.05) is 14.2 Å². The number of ether oxygens (including phenoxy) is 3. The molecule has 2 aromatic rings. The van der Waals surface area contributed by atoms with Gasteiger partial charge in [-0.3, -0.25) is 0 Å². The minimum Gasteiger partial charge on any atom is -0.493 e. The minimum atomic E-state index is -0.737. The van der Waals surface area contributed by atoms with Gasteiger partial charge < -0.3 is 14.2 Å². The third kappa shape index (κ3) is 6.08. The van der Waals surface area contributed by atoms with E-state index in [1.165, 1.54) is 38.0 Å². The molecule has 0 amide bonds. The maximum atomic E-state index is 12.2. The zero-order valence-electron chi connectivity index (χ0n) is 17.3. The van der Waals surface area contributed by atoms with Crippen molar-refractivity contribution in [1.82, 2.24) is 0 Å². The van der Waals surface area contributed by atoms with Gasteiger partial charge in [-0.2, -0.15) is 5.26 Å². The van der Waals surface area contributed by atoms with Crippen molar-refractivity contribution in [3.63, 3.8) is 0 Å². The Hall–Kier alpha value is -3.85. The number of benzene rings is 2. The molecule has 0 saturated carbocycles. The second-order valence-electron chi connectivity index (χ2n) is 6.65. The fraction of sp³-hybridized carbons (Fsp3) is 0.208. The van der Waals surface area contributed by atoms with E-state index in [-0.39, 0.29) is 17.1 Å². The van der Waals surface area contributed by atoms with E-state index in [9.17, 15) is 9.59 Å². The van der Waals surface area contributed by atoms with E-state index >= 15 is 0 Å². The summed E-state index contributed by atoms with van der Waals surface area (Å²) in [5.74, 6) is -0.351. The lowest BCUT2D eigenvalue weighted by molar-refractivity contribution is -0.135. The van der Waals surface area contributed by atoms with Gasteiger partial charge in [-0.1, -0.05) is 44.2 Å². The van der Waals surface area contributed by atoms with Gasteiger partial charge in [0.05, 0.1) is 14.2 Å². The van der Waals surface area contributed by atoms with Crippen LogP contribution >= 0.6 is 0 Å². The Morgan fingerprint density at radius 3 is 2.23 bits per heavy atom. The van der Waals surface area contributed by atoms with E-state index in [4.69, 9.17) is 14.7 Å². The summed E-state index contributed by atoms with van der Waals surface area (Å²) in [7, 11) is 2.63. The maximum absolute atomic E-state index is 12.2. The average molecular weight is 405 g/mol. The Bertz CT molecular complexity index is 1010. The fourth-order valence-electron chi connectivity index (χ4n) is 2.57. The molecule has 2 aromatic carbocycles. The molecule has 0 bridgehead atoms. The van der Waals surface area contributed by atoms with Crippen LogP contribution in [0.1, 0.15) is 36.5 Å². The Morgan fingerprint density at radius 2 is 1.67 bits per heavy atom. The zero-order chi connectivity index (χ0) is 22.1. The van der Waals surface area contributed by atoms with E-state index in [1.807, 2.05) is 24.3 Å². The number of nitrogens with zero attached hydrogens (tertiary/aromatic N) is 1. The van der Waals surface area contributed by atoms with Gasteiger partial charge in [-0.15, -0.1) is 0 Å². The Labute approximate surface area is 176 Å². The highest BCUT2D eigenvalue weighted by atomic mass is 16.6. The summed E-state index contributed by atoms with van der Waals surface area (Å²) in [5, 5.41) is 9.06. The van der Waals surface area contributed by atoms with Gasteiger partial charge in [0.15, 0.2) is 11.5 Å². The monoisotopic (exact) mass is 405 g/mol. The Kier molecular flexibility index (Phi) is 7.95. The lowest BCUT2D eigenvalue weighted by atomic mass is 10.0. The number of esters is 2. The molecule has 0 atom stereocenters. The topological polar surface area (TPSA) is 85.6 Å². The minimum absolute atomic E-state index is 0.157. The van der Waals surface area contributed by atoms with Crippen molar-refractivity contribution in [2.45, 2.75) is 19.8 Å². The van der Waals surface area contributed by atoms with Gasteiger partial charge in [0.2, 0.25) is 0 Å². The first kappa shape index (κ1) is 22.4. The summed E-state index contributed by atoms with van der Waals surface area (Å²) in [6.07, 6.45) is 4.37. The number of carbonyl (C=O) groups is 2. The molecular weight excluding hydrogens is 382 g/mol. The Morgan fingerprint density at radius 1 is 1.00 bits per heavy atom. The molecule has 0 aliphatic carbocycles. The summed E-state index contributed by atoms with van der Waals surface area (Å²) in [4.78, 5) is 23.7. The van der Waals surface area contributed by atoms with Crippen LogP contribution in [0.25, 0.3) is 12.2 Å². The molecule has 0 fully saturated rings. The van der Waals surface area contributed by atoms with E-state index in [0.29, 0.717) is 11.5 Å². The third-order valence-corrected chi connectivity index (χ3v) is 4.25. The van der Waals surface area contributed by atoms with E-state index in [1.54, 1.807) is 24.3 Å². The maximum Gasteiger partial charge on any atom is 0.348 e. The van der Waals surface area contributed by atoms with Crippen LogP contribution in [0.15, 0.2) is 54.1 Å². The van der Waals surface area contributed by atoms with Crippen LogP contribution in [0.2, 0.25) is 0 Å². The number of rotatable bonds is 7. The van der Waals surface area contributed by atoms with E-state index in [2.05, 4.69) is 18.6 Å². The van der Waals surface area contributed by atoms with Gasteiger partial charge in [0.1, 0.15) is 11.6 Å². The molecule has 0 aliphatic heterocycles. The lowest BCUT2D eigenvalue weighted by Gasteiger charge is -2.09. The Balaban J connectivity index is 2.14. The van der Waals surface area contributed by atoms with Gasteiger partial charge in [-0.05, 0) is 46.9 Å². The summed E-state index contributed by atoms with van der Waals surface area (Å²) < 4.78 is 15.2. The van der Waals surface area contributed by atoms with E-state index in [0.717, 1.165) is 5.56 Å². The molecule has 30 heavy (non-hydrogen) atoms. The molecule has 2 rings (SSSR count). The summed E-state index contributed by atoms with van der Waals surface area (Å²) in [6, 6.07) is 14.4. The predicted molar refractivity (Wildman–Crippen MR) is 114 cm³/mol. The largest absolute Gasteiger partial charge is 0.493 e. The standard InChI is InChI=1S/C24H23NO5/c1-16(2)19-9-5-17(6-10-19)8-12-23(26)30-21-11-7-18(14-22(21)28-3)13-20(15-25)24(27)29-4/h5-14,16H,1-4H3/b12-8+,20-13+. The second kappa shape index (κ2) is 10.6. The number of nitriles is 1. The highest BCUT2D eigenvalue weighted by Gasteiger charge is 2.12. The van der Waals surface area contributed by atoms with Crippen LogP contribution in [-0.4, -0.2) is 26.2 Å². The van der Waals surface area contributed by atoms with Crippen LogP contribution in [0.5, 0.6) is 11.5 Å². The molecule has 0 radical (unpaired) electrons. The first-order valence-electron chi connectivity index (χ1n) is 9.26. The first-order valence-corrected chi connectivity index (χ1v) is 9.26. The lowest BCUT2D eigenvalue weighted by Crippen LogP contribution is -2.05. The molecule has 0 heterocycles. The highest BCUT2D eigenvalue weighted by Crippen LogP contribution is 2.29. The quantitative estimate of drug-likeness (QED) is 0.291. The van der Waals surface area contributed by atoms with Crippen LogP contribution in [0, 0.1) is 11.3 Å². The van der Waals surface area contributed by atoms with Gasteiger partial charge in [-0.25, -0.2) is 9.59 Å². The van der Waals surface area contributed by atoms with Crippen molar-refractivity contribution in [3.05, 3.63) is 70.8 Å². The number of carbonyl (C=O) groups excluding carboxylic acids is 2. The molecule has 6 heteroatoms. The summed E-state index contributed by atoms with van der Waals surface area (Å²) in [6.45, 7) is 4.24. The molecule has 0 spiro atoms. The normalized spacial score (nSPS) is 11.3. The van der Waals surface area contributed by atoms with Crippen LogP contribution < -0.4 is 9.47 Å². The van der Waals surface area contributed by atoms with Crippen molar-refractivity contribution in [1.29, 1.82) is 5.26 Å². The molecule has 6 nitrogen and oxygen atoms in total. The smallest absolute Gasteiger partial charge is 0.348 e. The second-order valence-corrected chi connectivity index (χ2v) is 6.65. The molecule has 0 aromatic heterocycles. The highest BCUT2D eigenvalue weighted by molar-refractivity contribution is 5.98. The van der Waals surface area contributed by atoms with Crippen molar-refractivity contribution < 1.29 is 23.8 Å². The molecule has 154 valence electrons. The summed E-state index contributed by atoms with van der Waals surface area (Å²) >= 11 is 0. The van der Waals surface area contributed by atoms with Crippen molar-refractivity contribution in [2.24, 2.45) is 0 Å². The van der Waals surface area contributed by atoms with Crippen molar-refractivity contribution in [3.8, 4) is 17.6 Å². The molecule has 0 saturated heterocycles. The van der Waals surface area contributed by atoms with E-state index < -0.39 is 11.9 Å². The number of hydrogen-bond acceptors (Lipinski definition) is 6. The molecule has 0 aliphatic rings. The SMILES string of the molecule is COC(=O)/C(C#N)=C/c1ccc(OC(=O)/C=C/c2ccc(C(C)C)cc2)c(OC)c1. The van der Waals surface area contributed by atoms with Crippen LogP contribution in [-0.2, 0) is 14.3 Å². The van der Waals surface area contributed by atoms with Gasteiger partial charge in [0.25, 0.3) is 0 Å². The third-order valence-electron chi connectivity index (χ3n) is 4.25. The fourth-order valence-corrected chi connectivity index (χ4v) is 2.57. The van der Waals surface area contributed by atoms with Crippen molar-refractivity contribution >= 4 is 24.1 Å².